The summed E-state index contributed by atoms with van der Waals surface area (Å²) in [5.41, 5.74) is 2.82. The number of amides is 1. The van der Waals surface area contributed by atoms with Crippen LogP contribution in [0.4, 0.5) is 0 Å². The molecule has 1 saturated heterocycles. The third-order valence-corrected chi connectivity index (χ3v) is 5.75. The molecule has 0 N–H and O–H groups in total. The lowest BCUT2D eigenvalue weighted by molar-refractivity contribution is -0.232. The quantitative estimate of drug-likeness (QED) is 0.613. The lowest BCUT2D eigenvalue weighted by Crippen LogP contribution is -2.55. The van der Waals surface area contributed by atoms with E-state index in [1.807, 2.05) is 72.4 Å². The van der Waals surface area contributed by atoms with Gasteiger partial charge >= 0.3 is 0 Å². The number of hydroxylamine groups is 2. The van der Waals surface area contributed by atoms with Crippen LogP contribution in [0, 0.1) is 0 Å². The number of nitrogens with zero attached hydrogens (tertiary/aromatic N) is 3. The predicted molar refractivity (Wildman–Crippen MR) is 109 cm³/mol. The normalized spacial score (nSPS) is 23.9. The molecule has 0 spiro atoms. The Balaban J connectivity index is 1.45. The van der Waals surface area contributed by atoms with E-state index in [4.69, 9.17) is 16.4 Å². The lowest BCUT2D eigenvalue weighted by atomic mass is 9.96. The minimum atomic E-state index is -0.220. The molecular formula is C22H20ClN3O2. The molecule has 1 aromatic heterocycles. The van der Waals surface area contributed by atoms with E-state index >= 15 is 0 Å². The molecule has 6 heteroatoms. The summed E-state index contributed by atoms with van der Waals surface area (Å²) >= 11 is 6.04. The third kappa shape index (κ3) is 2.83. The topological polar surface area (TPSA) is 37.7 Å². The Bertz CT molecular complexity index is 1070. The monoisotopic (exact) mass is 393 g/mol. The number of benzene rings is 2. The molecular weight excluding hydrogens is 374 g/mol. The second kappa shape index (κ2) is 6.78. The summed E-state index contributed by atoms with van der Waals surface area (Å²) in [6, 6.07) is 15.8. The molecule has 2 aliphatic rings. The zero-order chi connectivity index (χ0) is 19.3. The Morgan fingerprint density at radius 1 is 1.14 bits per heavy atom. The summed E-state index contributed by atoms with van der Waals surface area (Å²) in [6.45, 7) is 1.18. The summed E-state index contributed by atoms with van der Waals surface area (Å²) in [5.74, 6) is -0.114. The van der Waals surface area contributed by atoms with E-state index < -0.39 is 0 Å². The molecule has 1 fully saturated rings. The van der Waals surface area contributed by atoms with E-state index in [2.05, 4.69) is 11.0 Å². The highest BCUT2D eigenvalue weighted by Crippen LogP contribution is 2.35. The van der Waals surface area contributed by atoms with Crippen molar-refractivity contribution in [3.8, 4) is 0 Å². The van der Waals surface area contributed by atoms with Crippen molar-refractivity contribution in [2.24, 2.45) is 7.05 Å². The summed E-state index contributed by atoms with van der Waals surface area (Å²) in [4.78, 5) is 21.7. The first-order chi connectivity index (χ1) is 13.6. The number of aryl methyl sites for hydroxylation is 1. The SMILES string of the molecule is Cn1cc(C(=O)N2CN3CC=CC(O2)C3c2ccc(Cl)cc2)c2ccccc21. The first-order valence-electron chi connectivity index (χ1n) is 9.31. The van der Waals surface area contributed by atoms with Crippen LogP contribution in [-0.4, -0.2) is 39.8 Å². The van der Waals surface area contributed by atoms with Crippen molar-refractivity contribution in [1.82, 2.24) is 14.5 Å². The van der Waals surface area contributed by atoms with Gasteiger partial charge in [0.05, 0.1) is 11.6 Å². The number of para-hydroxylation sites is 1. The molecule has 5 nitrogen and oxygen atoms in total. The Morgan fingerprint density at radius 2 is 1.93 bits per heavy atom. The van der Waals surface area contributed by atoms with Gasteiger partial charge in [0, 0.05) is 35.7 Å². The molecule has 3 unspecified atom stereocenters. The van der Waals surface area contributed by atoms with Gasteiger partial charge in [-0.2, -0.15) is 0 Å². The van der Waals surface area contributed by atoms with Crippen LogP contribution in [0.15, 0.2) is 66.9 Å². The van der Waals surface area contributed by atoms with E-state index in [0.29, 0.717) is 17.3 Å². The van der Waals surface area contributed by atoms with Gasteiger partial charge < -0.3 is 4.57 Å². The molecule has 2 aromatic carbocycles. The molecule has 0 aliphatic carbocycles. The number of fused-ring (bicyclic) bond motifs is 3. The van der Waals surface area contributed by atoms with Crippen molar-refractivity contribution in [1.29, 1.82) is 0 Å². The molecule has 2 aliphatic heterocycles. The largest absolute Gasteiger partial charge is 0.350 e. The lowest BCUT2D eigenvalue weighted by Gasteiger charge is -2.46. The predicted octanol–water partition coefficient (Wildman–Crippen LogP) is 4.16. The smallest absolute Gasteiger partial charge is 0.280 e. The Kier molecular flexibility index (Phi) is 4.23. The van der Waals surface area contributed by atoms with Gasteiger partial charge in [-0.1, -0.05) is 54.1 Å². The fourth-order valence-electron chi connectivity index (χ4n) is 4.16. The van der Waals surface area contributed by atoms with Gasteiger partial charge in [-0.3, -0.25) is 14.5 Å². The highest BCUT2D eigenvalue weighted by Gasteiger charge is 2.40. The van der Waals surface area contributed by atoms with Gasteiger partial charge in [0.2, 0.25) is 0 Å². The molecule has 3 heterocycles. The van der Waals surface area contributed by atoms with Gasteiger partial charge in [0.15, 0.2) is 0 Å². The van der Waals surface area contributed by atoms with Crippen LogP contribution < -0.4 is 0 Å². The van der Waals surface area contributed by atoms with E-state index in [1.54, 1.807) is 0 Å². The fourth-order valence-corrected chi connectivity index (χ4v) is 4.29. The second-order valence-electron chi connectivity index (χ2n) is 7.26. The maximum Gasteiger partial charge on any atom is 0.280 e. The number of carbonyl (C=O) groups is 1. The highest BCUT2D eigenvalue weighted by molar-refractivity contribution is 6.30. The zero-order valence-corrected chi connectivity index (χ0v) is 16.2. The molecule has 142 valence electrons. The molecule has 3 atom stereocenters. The standard InChI is InChI=1S/C22H20ClN3O2/c1-24-13-18(17-5-2-3-6-19(17)24)22(27)26-14-25-12-4-7-20(28-26)21(25)15-8-10-16(23)11-9-15/h2-11,13,20-21H,12,14H2,1H3. The minimum absolute atomic E-state index is 0.0684. The van der Waals surface area contributed by atoms with Crippen molar-refractivity contribution in [2.45, 2.75) is 12.1 Å². The third-order valence-electron chi connectivity index (χ3n) is 5.49. The summed E-state index contributed by atoms with van der Waals surface area (Å²) in [5, 5.41) is 3.14. The molecule has 0 saturated carbocycles. The van der Waals surface area contributed by atoms with E-state index in [-0.39, 0.29) is 18.1 Å². The van der Waals surface area contributed by atoms with Crippen LogP contribution in [0.25, 0.3) is 10.9 Å². The van der Waals surface area contributed by atoms with E-state index in [9.17, 15) is 4.79 Å². The zero-order valence-electron chi connectivity index (χ0n) is 15.5. The van der Waals surface area contributed by atoms with Crippen molar-refractivity contribution >= 4 is 28.4 Å². The van der Waals surface area contributed by atoms with Crippen LogP contribution in [0.1, 0.15) is 22.0 Å². The Hall–Kier alpha value is -2.60. The fraction of sp³-hybridized carbons (Fsp3) is 0.227. The average molecular weight is 394 g/mol. The van der Waals surface area contributed by atoms with Gasteiger partial charge in [0.25, 0.3) is 5.91 Å². The first kappa shape index (κ1) is 17.5. The van der Waals surface area contributed by atoms with Gasteiger partial charge in [0.1, 0.15) is 12.8 Å². The van der Waals surface area contributed by atoms with Gasteiger partial charge in [-0.05, 0) is 23.8 Å². The molecule has 3 aromatic rings. The number of hydrogen-bond acceptors (Lipinski definition) is 3. The van der Waals surface area contributed by atoms with Crippen LogP contribution >= 0.6 is 11.6 Å². The minimum Gasteiger partial charge on any atom is -0.350 e. The molecule has 2 bridgehead atoms. The molecule has 0 radical (unpaired) electrons. The van der Waals surface area contributed by atoms with E-state index in [1.165, 1.54) is 5.06 Å². The highest BCUT2D eigenvalue weighted by atomic mass is 35.5. The summed E-state index contributed by atoms with van der Waals surface area (Å²) in [6.07, 6.45) is 5.79. The maximum absolute atomic E-state index is 13.3. The molecule has 28 heavy (non-hydrogen) atoms. The number of aromatic nitrogens is 1. The Morgan fingerprint density at radius 3 is 2.71 bits per heavy atom. The Labute approximate surface area is 168 Å². The number of halogens is 1. The average Bonchev–Trinajstić information content (AvgIpc) is 3.04. The van der Waals surface area contributed by atoms with E-state index in [0.717, 1.165) is 23.0 Å². The first-order valence-corrected chi connectivity index (χ1v) is 9.68. The summed E-state index contributed by atoms with van der Waals surface area (Å²) < 4.78 is 1.98. The van der Waals surface area contributed by atoms with Crippen LogP contribution in [-0.2, 0) is 11.9 Å². The maximum atomic E-state index is 13.3. The van der Waals surface area contributed by atoms with Crippen molar-refractivity contribution in [2.75, 3.05) is 13.2 Å². The van der Waals surface area contributed by atoms with Gasteiger partial charge in [-0.25, -0.2) is 5.06 Å². The number of carbonyl (C=O) groups excluding carboxylic acids is 1. The van der Waals surface area contributed by atoms with Crippen molar-refractivity contribution in [3.63, 3.8) is 0 Å². The van der Waals surface area contributed by atoms with Crippen LogP contribution in [0.2, 0.25) is 5.02 Å². The van der Waals surface area contributed by atoms with Crippen LogP contribution in [0.3, 0.4) is 0 Å². The van der Waals surface area contributed by atoms with Crippen LogP contribution in [0.5, 0.6) is 0 Å². The van der Waals surface area contributed by atoms with Crippen molar-refractivity contribution in [3.05, 3.63) is 83.0 Å². The molecule has 5 rings (SSSR count). The number of hydrogen-bond donors (Lipinski definition) is 0. The van der Waals surface area contributed by atoms with Gasteiger partial charge in [-0.15, -0.1) is 0 Å². The molecule has 1 amide bonds. The summed E-state index contributed by atoms with van der Waals surface area (Å²) in [7, 11) is 1.95. The number of rotatable bonds is 2. The second-order valence-corrected chi connectivity index (χ2v) is 7.70. The van der Waals surface area contributed by atoms with Crippen molar-refractivity contribution < 1.29 is 9.63 Å².